The van der Waals surface area contributed by atoms with Gasteiger partial charge in [-0.25, -0.2) is 0 Å². The van der Waals surface area contributed by atoms with Crippen molar-refractivity contribution in [2.75, 3.05) is 13.1 Å². The topological polar surface area (TPSA) is 75.4 Å². The maximum atomic E-state index is 12.0. The predicted octanol–water partition coefficient (Wildman–Crippen LogP) is 0.806. The Bertz CT molecular complexity index is 454. The van der Waals surface area contributed by atoms with Gasteiger partial charge in [0.15, 0.2) is 0 Å². The fourth-order valence-electron chi connectivity index (χ4n) is 2.21. The van der Waals surface area contributed by atoms with Crippen LogP contribution >= 0.6 is 12.4 Å². The second kappa shape index (κ2) is 7.87. The van der Waals surface area contributed by atoms with Crippen LogP contribution in [0, 0.1) is 0 Å². The van der Waals surface area contributed by atoms with Crippen molar-refractivity contribution in [3.63, 3.8) is 0 Å². The number of carbonyl (C=O) groups excluding carboxylic acids is 2. The second-order valence-electron chi connectivity index (χ2n) is 4.68. The van der Waals surface area contributed by atoms with Gasteiger partial charge in [0.25, 0.3) is 0 Å². The zero-order valence-corrected chi connectivity index (χ0v) is 12.1. The molecule has 0 radical (unpaired) electrons. The Hall–Kier alpha value is -1.59. The molecule has 20 heavy (non-hydrogen) atoms. The number of nitrogens with two attached hydrogens (primary N) is 1. The number of hydrogen-bond donors (Lipinski definition) is 2. The van der Waals surface area contributed by atoms with Crippen LogP contribution in [0.15, 0.2) is 24.3 Å². The molecular formula is C14H20ClN3O2. The van der Waals surface area contributed by atoms with E-state index in [0.29, 0.717) is 32.5 Å². The SMILES string of the molecule is Cl.NCC(=O)NCCCC(=O)N1Cc2ccccc2C1. The van der Waals surface area contributed by atoms with Crippen molar-refractivity contribution in [1.82, 2.24) is 10.2 Å². The van der Waals surface area contributed by atoms with Gasteiger partial charge in [-0.3, -0.25) is 9.59 Å². The van der Waals surface area contributed by atoms with Gasteiger partial charge >= 0.3 is 0 Å². The maximum Gasteiger partial charge on any atom is 0.233 e. The molecule has 0 spiro atoms. The van der Waals surface area contributed by atoms with E-state index in [0.717, 1.165) is 0 Å². The first-order chi connectivity index (χ1) is 9.20. The number of amides is 2. The van der Waals surface area contributed by atoms with Crippen molar-refractivity contribution in [2.24, 2.45) is 5.73 Å². The fraction of sp³-hybridized carbons (Fsp3) is 0.429. The Morgan fingerprint density at radius 2 is 1.80 bits per heavy atom. The van der Waals surface area contributed by atoms with Gasteiger partial charge in [-0.1, -0.05) is 24.3 Å². The van der Waals surface area contributed by atoms with Gasteiger partial charge in [-0.15, -0.1) is 12.4 Å². The smallest absolute Gasteiger partial charge is 0.233 e. The lowest BCUT2D eigenvalue weighted by Crippen LogP contribution is -2.32. The van der Waals surface area contributed by atoms with Gasteiger partial charge in [0, 0.05) is 26.1 Å². The third-order valence-corrected chi connectivity index (χ3v) is 3.27. The summed E-state index contributed by atoms with van der Waals surface area (Å²) in [7, 11) is 0. The lowest BCUT2D eigenvalue weighted by atomic mass is 10.1. The third kappa shape index (κ3) is 4.21. The molecule has 2 amide bonds. The summed E-state index contributed by atoms with van der Waals surface area (Å²) in [5.74, 6) is -0.0424. The Morgan fingerprint density at radius 1 is 1.20 bits per heavy atom. The monoisotopic (exact) mass is 297 g/mol. The van der Waals surface area contributed by atoms with Crippen LogP contribution in [0.1, 0.15) is 24.0 Å². The Balaban J connectivity index is 0.00000200. The third-order valence-electron chi connectivity index (χ3n) is 3.27. The Morgan fingerprint density at radius 3 is 2.35 bits per heavy atom. The van der Waals surface area contributed by atoms with Gasteiger partial charge in [-0.05, 0) is 17.5 Å². The van der Waals surface area contributed by atoms with Crippen LogP contribution in [0.5, 0.6) is 0 Å². The molecule has 1 aromatic rings. The molecule has 0 atom stereocenters. The van der Waals surface area contributed by atoms with E-state index >= 15 is 0 Å². The fourth-order valence-corrected chi connectivity index (χ4v) is 2.21. The summed E-state index contributed by atoms with van der Waals surface area (Å²) in [5.41, 5.74) is 7.63. The molecule has 5 nitrogen and oxygen atoms in total. The van der Waals surface area contributed by atoms with Crippen LogP contribution < -0.4 is 11.1 Å². The zero-order chi connectivity index (χ0) is 13.7. The van der Waals surface area contributed by atoms with Crippen molar-refractivity contribution >= 4 is 24.2 Å². The van der Waals surface area contributed by atoms with E-state index in [-0.39, 0.29) is 30.8 Å². The van der Waals surface area contributed by atoms with Crippen LogP contribution in [0.3, 0.4) is 0 Å². The molecule has 0 saturated carbocycles. The lowest BCUT2D eigenvalue weighted by Gasteiger charge is -2.15. The number of halogens is 1. The molecule has 0 aliphatic carbocycles. The number of nitrogens with one attached hydrogen (secondary N) is 1. The minimum Gasteiger partial charge on any atom is -0.355 e. The number of rotatable bonds is 5. The normalized spacial score (nSPS) is 12.6. The summed E-state index contributed by atoms with van der Waals surface area (Å²) in [6.45, 7) is 1.90. The molecule has 1 heterocycles. The average Bonchev–Trinajstić information content (AvgIpc) is 2.87. The minimum absolute atomic E-state index is 0. The number of hydrogen-bond acceptors (Lipinski definition) is 3. The quantitative estimate of drug-likeness (QED) is 0.790. The molecule has 0 saturated heterocycles. The highest BCUT2D eigenvalue weighted by Gasteiger charge is 2.22. The standard InChI is InChI=1S/C14H19N3O2.ClH/c15-8-13(18)16-7-3-6-14(19)17-9-11-4-1-2-5-12(11)10-17;/h1-2,4-5H,3,6-10,15H2,(H,16,18);1H. The molecule has 6 heteroatoms. The lowest BCUT2D eigenvalue weighted by molar-refractivity contribution is -0.132. The number of fused-ring (bicyclic) bond motifs is 1. The highest BCUT2D eigenvalue weighted by atomic mass is 35.5. The molecule has 2 rings (SSSR count). The van der Waals surface area contributed by atoms with Crippen molar-refractivity contribution < 1.29 is 9.59 Å². The molecule has 1 aromatic carbocycles. The van der Waals surface area contributed by atoms with Crippen molar-refractivity contribution in [1.29, 1.82) is 0 Å². The number of nitrogens with zero attached hydrogens (tertiary/aromatic N) is 1. The first-order valence-corrected chi connectivity index (χ1v) is 6.52. The Labute approximate surface area is 124 Å². The molecular weight excluding hydrogens is 278 g/mol. The summed E-state index contributed by atoms with van der Waals surface area (Å²) in [6.07, 6.45) is 1.11. The summed E-state index contributed by atoms with van der Waals surface area (Å²) < 4.78 is 0. The van der Waals surface area contributed by atoms with Crippen LogP contribution in [0.25, 0.3) is 0 Å². The van der Waals surface area contributed by atoms with Gasteiger partial charge in [0.2, 0.25) is 11.8 Å². The van der Waals surface area contributed by atoms with Crippen LogP contribution in [-0.2, 0) is 22.7 Å². The first-order valence-electron chi connectivity index (χ1n) is 6.52. The minimum atomic E-state index is -0.180. The van der Waals surface area contributed by atoms with Gasteiger partial charge in [0.05, 0.1) is 6.54 Å². The molecule has 0 fully saturated rings. The van der Waals surface area contributed by atoms with Crippen LogP contribution in [0.4, 0.5) is 0 Å². The van der Waals surface area contributed by atoms with Crippen molar-refractivity contribution in [2.45, 2.75) is 25.9 Å². The van der Waals surface area contributed by atoms with E-state index in [9.17, 15) is 9.59 Å². The van der Waals surface area contributed by atoms with E-state index in [4.69, 9.17) is 5.73 Å². The van der Waals surface area contributed by atoms with E-state index in [1.54, 1.807) is 0 Å². The molecule has 110 valence electrons. The average molecular weight is 298 g/mol. The Kier molecular flexibility index (Phi) is 6.48. The summed E-state index contributed by atoms with van der Waals surface area (Å²) >= 11 is 0. The summed E-state index contributed by atoms with van der Waals surface area (Å²) in [5, 5.41) is 2.66. The molecule has 0 aromatic heterocycles. The van der Waals surface area contributed by atoms with E-state index in [1.807, 2.05) is 17.0 Å². The highest BCUT2D eigenvalue weighted by molar-refractivity contribution is 5.85. The molecule has 1 aliphatic heterocycles. The zero-order valence-electron chi connectivity index (χ0n) is 11.3. The van der Waals surface area contributed by atoms with Gasteiger partial charge < -0.3 is 16.0 Å². The number of benzene rings is 1. The van der Waals surface area contributed by atoms with Gasteiger partial charge in [-0.2, -0.15) is 0 Å². The molecule has 0 unspecified atom stereocenters. The van der Waals surface area contributed by atoms with Crippen LogP contribution in [-0.4, -0.2) is 29.8 Å². The number of carbonyl (C=O) groups is 2. The molecule has 1 aliphatic rings. The molecule has 3 N–H and O–H groups in total. The summed E-state index contributed by atoms with van der Waals surface area (Å²) in [4.78, 5) is 24.8. The molecule has 0 bridgehead atoms. The predicted molar refractivity (Wildman–Crippen MR) is 79.2 cm³/mol. The largest absolute Gasteiger partial charge is 0.355 e. The first kappa shape index (κ1) is 16.5. The van der Waals surface area contributed by atoms with E-state index in [2.05, 4.69) is 17.4 Å². The van der Waals surface area contributed by atoms with E-state index < -0.39 is 0 Å². The van der Waals surface area contributed by atoms with Gasteiger partial charge in [0.1, 0.15) is 0 Å². The maximum absolute atomic E-state index is 12.0. The highest BCUT2D eigenvalue weighted by Crippen LogP contribution is 2.22. The van der Waals surface area contributed by atoms with E-state index in [1.165, 1.54) is 11.1 Å². The van der Waals surface area contributed by atoms with Crippen LogP contribution in [0.2, 0.25) is 0 Å². The van der Waals surface area contributed by atoms with Crippen molar-refractivity contribution in [3.8, 4) is 0 Å². The summed E-state index contributed by atoms with van der Waals surface area (Å²) in [6, 6.07) is 8.11. The van der Waals surface area contributed by atoms with Crippen molar-refractivity contribution in [3.05, 3.63) is 35.4 Å². The second-order valence-corrected chi connectivity index (χ2v) is 4.68.